The van der Waals surface area contributed by atoms with E-state index in [2.05, 4.69) is 40.6 Å². The van der Waals surface area contributed by atoms with Crippen molar-refractivity contribution in [2.24, 2.45) is 10.2 Å². The van der Waals surface area contributed by atoms with Crippen molar-refractivity contribution in [3.63, 3.8) is 0 Å². The topological polar surface area (TPSA) is 24.7 Å². The molecule has 1 saturated carbocycles. The smallest absolute Gasteiger partial charge is 0.159 e. The first kappa shape index (κ1) is 8.16. The van der Waals surface area contributed by atoms with Gasteiger partial charge in [-0.05, 0) is 37.2 Å². The Morgan fingerprint density at radius 2 is 1.64 bits per heavy atom. The summed E-state index contributed by atoms with van der Waals surface area (Å²) in [5.41, 5.74) is 1.58. The van der Waals surface area contributed by atoms with Crippen molar-refractivity contribution in [2.75, 3.05) is 0 Å². The van der Waals surface area contributed by atoms with E-state index in [0.717, 1.165) is 18.8 Å². The van der Waals surface area contributed by atoms with Crippen molar-refractivity contribution < 1.29 is 0 Å². The van der Waals surface area contributed by atoms with E-state index in [4.69, 9.17) is 0 Å². The van der Waals surface area contributed by atoms with Crippen LogP contribution in [0.25, 0.3) is 0 Å². The second kappa shape index (κ2) is 2.91. The van der Waals surface area contributed by atoms with E-state index in [-0.39, 0.29) is 5.66 Å². The number of hydrogen-bond acceptors (Lipinski definition) is 2. The van der Waals surface area contributed by atoms with Gasteiger partial charge in [0.15, 0.2) is 5.66 Å². The van der Waals surface area contributed by atoms with Gasteiger partial charge in [0.1, 0.15) is 0 Å². The van der Waals surface area contributed by atoms with E-state index >= 15 is 0 Å². The van der Waals surface area contributed by atoms with Crippen LogP contribution in [0, 0.1) is 0 Å². The lowest BCUT2D eigenvalue weighted by Gasteiger charge is -2.25. The number of hydrogen-bond donors (Lipinski definition) is 0. The second-order valence-corrected chi connectivity index (χ2v) is 4.37. The molecule has 2 heteroatoms. The summed E-state index contributed by atoms with van der Waals surface area (Å²) in [6, 6.07) is 10.8. The molecule has 1 aromatic rings. The van der Waals surface area contributed by atoms with Gasteiger partial charge < -0.3 is 0 Å². The third-order valence-corrected chi connectivity index (χ3v) is 3.44. The van der Waals surface area contributed by atoms with E-state index in [1.165, 1.54) is 18.4 Å². The molecule has 72 valence electrons. The minimum Gasteiger partial charge on any atom is -0.159 e. The quantitative estimate of drug-likeness (QED) is 0.641. The molecule has 0 saturated heterocycles. The van der Waals surface area contributed by atoms with Gasteiger partial charge in [0.05, 0.1) is 0 Å². The lowest BCUT2D eigenvalue weighted by Crippen LogP contribution is -2.20. The zero-order chi connectivity index (χ0) is 9.43. The molecule has 0 aromatic heterocycles. The number of nitrogens with zero attached hydrogens (tertiary/aromatic N) is 2. The Morgan fingerprint density at radius 3 is 2.21 bits per heavy atom. The predicted octanol–water partition coefficient (Wildman–Crippen LogP) is 3.51. The molecule has 1 heterocycles. The normalized spacial score (nSPS) is 24.0. The molecule has 2 nitrogen and oxygen atoms in total. The van der Waals surface area contributed by atoms with Crippen LogP contribution in [0.3, 0.4) is 0 Å². The summed E-state index contributed by atoms with van der Waals surface area (Å²) in [6.45, 7) is 0. The highest BCUT2D eigenvalue weighted by Crippen LogP contribution is 2.46. The van der Waals surface area contributed by atoms with Crippen LogP contribution in [0.2, 0.25) is 0 Å². The van der Waals surface area contributed by atoms with Gasteiger partial charge in [0.2, 0.25) is 0 Å². The summed E-state index contributed by atoms with van der Waals surface area (Å²) in [5, 5.41) is 8.29. The lowest BCUT2D eigenvalue weighted by atomic mass is 9.80. The van der Waals surface area contributed by atoms with Crippen molar-refractivity contribution >= 4 is 0 Å². The average molecular weight is 186 g/mol. The number of benzene rings is 1. The highest BCUT2D eigenvalue weighted by molar-refractivity contribution is 5.21. The molecule has 0 atom stereocenters. The summed E-state index contributed by atoms with van der Waals surface area (Å²) in [6.07, 6.45) is 4.81. The first-order valence-electron chi connectivity index (χ1n) is 5.37. The van der Waals surface area contributed by atoms with Gasteiger partial charge in [0, 0.05) is 0 Å². The van der Waals surface area contributed by atoms with Crippen LogP contribution in [0.4, 0.5) is 0 Å². The molecule has 2 aliphatic rings. The van der Waals surface area contributed by atoms with E-state index in [1.807, 2.05) is 0 Å². The molecule has 1 spiro atoms. The Balaban J connectivity index is 1.70. The van der Waals surface area contributed by atoms with Gasteiger partial charge in [-0.1, -0.05) is 30.3 Å². The lowest BCUT2D eigenvalue weighted by molar-refractivity contribution is 0.358. The molecular weight excluding hydrogens is 172 g/mol. The molecule has 14 heavy (non-hydrogen) atoms. The van der Waals surface area contributed by atoms with Crippen molar-refractivity contribution in [3.8, 4) is 0 Å². The van der Waals surface area contributed by atoms with Crippen molar-refractivity contribution in [2.45, 2.75) is 37.3 Å². The Hall–Kier alpha value is -1.18. The molecule has 1 aliphatic carbocycles. The molecule has 0 N–H and O–H groups in total. The van der Waals surface area contributed by atoms with E-state index in [9.17, 15) is 0 Å². The average Bonchev–Trinajstić information content (AvgIpc) is 3.01. The van der Waals surface area contributed by atoms with E-state index < -0.39 is 0 Å². The Bertz CT molecular complexity index is 340. The molecule has 3 rings (SSSR count). The van der Waals surface area contributed by atoms with Gasteiger partial charge in [-0.2, -0.15) is 10.2 Å². The maximum atomic E-state index is 4.15. The summed E-state index contributed by atoms with van der Waals surface area (Å²) in [5.74, 6) is 0.743. The van der Waals surface area contributed by atoms with E-state index in [0.29, 0.717) is 0 Å². The number of rotatable bonds is 1. The predicted molar refractivity (Wildman–Crippen MR) is 55.2 cm³/mol. The summed E-state index contributed by atoms with van der Waals surface area (Å²) in [7, 11) is 0. The van der Waals surface area contributed by atoms with Crippen molar-refractivity contribution in [1.82, 2.24) is 0 Å². The van der Waals surface area contributed by atoms with Crippen LogP contribution < -0.4 is 0 Å². The van der Waals surface area contributed by atoms with Crippen LogP contribution in [0.1, 0.15) is 37.2 Å². The SMILES string of the molecule is c1ccc(C2CCC3(CC2)N=N3)cc1. The highest BCUT2D eigenvalue weighted by atomic mass is 15.4. The molecule has 1 aromatic carbocycles. The third kappa shape index (κ3) is 1.35. The fraction of sp³-hybridized carbons (Fsp3) is 0.500. The van der Waals surface area contributed by atoms with Crippen LogP contribution in [-0.2, 0) is 0 Å². The highest BCUT2D eigenvalue weighted by Gasteiger charge is 2.43. The van der Waals surface area contributed by atoms with Crippen LogP contribution in [0.5, 0.6) is 0 Å². The standard InChI is InChI=1S/C12H14N2/c1-2-4-10(5-3-1)11-6-8-12(9-7-11)13-14-12/h1-5,11H,6-9H2. The molecule has 0 unspecified atom stereocenters. The van der Waals surface area contributed by atoms with E-state index in [1.54, 1.807) is 0 Å². The molecule has 1 aliphatic heterocycles. The fourth-order valence-corrected chi connectivity index (χ4v) is 2.41. The zero-order valence-electron chi connectivity index (χ0n) is 8.19. The van der Waals surface area contributed by atoms with Crippen LogP contribution in [-0.4, -0.2) is 5.66 Å². The summed E-state index contributed by atoms with van der Waals surface area (Å²) < 4.78 is 0. The maximum Gasteiger partial charge on any atom is 0.191 e. The Labute approximate surface area is 84.1 Å². The van der Waals surface area contributed by atoms with Gasteiger partial charge in [-0.3, -0.25) is 0 Å². The Kier molecular flexibility index (Phi) is 1.69. The van der Waals surface area contributed by atoms with Crippen molar-refractivity contribution in [3.05, 3.63) is 35.9 Å². The summed E-state index contributed by atoms with van der Waals surface area (Å²) >= 11 is 0. The molecule has 0 bridgehead atoms. The molecule has 0 radical (unpaired) electrons. The second-order valence-electron chi connectivity index (χ2n) is 4.37. The van der Waals surface area contributed by atoms with Crippen LogP contribution >= 0.6 is 0 Å². The molecular formula is C12H14N2. The largest absolute Gasteiger partial charge is 0.191 e. The van der Waals surface area contributed by atoms with Gasteiger partial charge in [-0.15, -0.1) is 0 Å². The summed E-state index contributed by atoms with van der Waals surface area (Å²) in [4.78, 5) is 0. The minimum atomic E-state index is 0.0886. The minimum absolute atomic E-state index is 0.0886. The van der Waals surface area contributed by atoms with Gasteiger partial charge >= 0.3 is 0 Å². The fourth-order valence-electron chi connectivity index (χ4n) is 2.41. The first-order valence-corrected chi connectivity index (χ1v) is 5.37. The molecule has 1 fully saturated rings. The Morgan fingerprint density at radius 1 is 1.00 bits per heavy atom. The monoisotopic (exact) mass is 186 g/mol. The zero-order valence-corrected chi connectivity index (χ0v) is 8.19. The van der Waals surface area contributed by atoms with Crippen molar-refractivity contribution in [1.29, 1.82) is 0 Å². The van der Waals surface area contributed by atoms with Gasteiger partial charge in [-0.25, -0.2) is 0 Å². The molecule has 0 amide bonds. The van der Waals surface area contributed by atoms with Gasteiger partial charge in [0.25, 0.3) is 0 Å². The van der Waals surface area contributed by atoms with Crippen LogP contribution in [0.15, 0.2) is 40.6 Å². The first-order chi connectivity index (χ1) is 6.88. The maximum absolute atomic E-state index is 4.15. The third-order valence-electron chi connectivity index (χ3n) is 3.44.